The van der Waals surface area contributed by atoms with Gasteiger partial charge in [0.2, 0.25) is 0 Å². The van der Waals surface area contributed by atoms with Crippen LogP contribution in [0.3, 0.4) is 0 Å². The maximum absolute atomic E-state index is 5.58. The molecule has 1 aliphatic rings. The van der Waals surface area contributed by atoms with E-state index in [1.807, 2.05) is 13.2 Å². The smallest absolute Gasteiger partial charge is 0.132 e. The van der Waals surface area contributed by atoms with E-state index in [2.05, 4.69) is 39.8 Å². The molecule has 0 saturated carbocycles. The van der Waals surface area contributed by atoms with Crippen molar-refractivity contribution >= 4 is 11.8 Å². The molecule has 1 saturated heterocycles. The monoisotopic (exact) mass is 347 g/mol. The number of thioether (sulfide) groups is 1. The molecule has 6 heteroatoms. The topological polar surface area (TPSA) is 39.5 Å². The van der Waals surface area contributed by atoms with Crippen molar-refractivity contribution in [2.24, 2.45) is 0 Å². The highest BCUT2D eigenvalue weighted by Crippen LogP contribution is 2.36. The normalized spacial score (nSPS) is 15.4. The Morgan fingerprint density at radius 1 is 1.12 bits per heavy atom. The van der Waals surface area contributed by atoms with E-state index in [1.54, 1.807) is 26.0 Å². The van der Waals surface area contributed by atoms with Crippen molar-refractivity contribution in [3.63, 3.8) is 0 Å². The van der Waals surface area contributed by atoms with E-state index in [0.29, 0.717) is 6.04 Å². The first kappa shape index (κ1) is 17.2. The summed E-state index contributed by atoms with van der Waals surface area (Å²) in [4.78, 5) is 3.51. The minimum Gasteiger partial charge on any atom is -0.496 e. The van der Waals surface area contributed by atoms with Gasteiger partial charge in [0.25, 0.3) is 0 Å². The lowest BCUT2D eigenvalue weighted by molar-refractivity contribution is 0.0883. The molecule has 1 aromatic heterocycles. The first-order valence-corrected chi connectivity index (χ1v) is 9.32. The van der Waals surface area contributed by atoms with Gasteiger partial charge in [-0.25, -0.2) is 0 Å². The van der Waals surface area contributed by atoms with Crippen molar-refractivity contribution < 1.29 is 9.47 Å². The summed E-state index contributed by atoms with van der Waals surface area (Å²) < 4.78 is 13.2. The minimum absolute atomic E-state index is 0.470. The predicted octanol–water partition coefficient (Wildman–Crippen LogP) is 3.30. The third-order valence-corrected chi connectivity index (χ3v) is 5.27. The number of hydrogen-bond acceptors (Lipinski definition) is 5. The van der Waals surface area contributed by atoms with Crippen molar-refractivity contribution in [1.82, 2.24) is 14.7 Å². The SMILES string of the molecule is COc1cc(SC)c(OC)cc1CN1CC(n2nc(C)cc2C)C1. The van der Waals surface area contributed by atoms with E-state index in [9.17, 15) is 0 Å². The summed E-state index contributed by atoms with van der Waals surface area (Å²) in [6.07, 6.45) is 2.05. The summed E-state index contributed by atoms with van der Waals surface area (Å²) in [6.45, 7) is 7.06. The van der Waals surface area contributed by atoms with Crippen molar-refractivity contribution in [1.29, 1.82) is 0 Å². The first-order valence-electron chi connectivity index (χ1n) is 8.09. The third-order valence-electron chi connectivity index (χ3n) is 4.51. The van der Waals surface area contributed by atoms with Crippen molar-refractivity contribution in [2.75, 3.05) is 33.6 Å². The highest BCUT2D eigenvalue weighted by molar-refractivity contribution is 7.98. The molecule has 0 amide bonds. The Hall–Kier alpha value is -1.66. The zero-order chi connectivity index (χ0) is 17.3. The zero-order valence-electron chi connectivity index (χ0n) is 15.0. The Kier molecular flexibility index (Phi) is 5.06. The fourth-order valence-corrected chi connectivity index (χ4v) is 3.87. The van der Waals surface area contributed by atoms with Gasteiger partial charge in [0.1, 0.15) is 11.5 Å². The number of rotatable bonds is 6. The molecule has 0 bridgehead atoms. The summed E-state index contributed by atoms with van der Waals surface area (Å²) in [5, 5.41) is 4.60. The average Bonchev–Trinajstić information content (AvgIpc) is 2.87. The summed E-state index contributed by atoms with van der Waals surface area (Å²) in [7, 11) is 3.44. The summed E-state index contributed by atoms with van der Waals surface area (Å²) in [5.41, 5.74) is 3.49. The lowest BCUT2D eigenvalue weighted by Gasteiger charge is -2.40. The molecule has 130 valence electrons. The molecule has 1 aromatic carbocycles. The van der Waals surface area contributed by atoms with Gasteiger partial charge in [-0.1, -0.05) is 0 Å². The van der Waals surface area contributed by atoms with Gasteiger partial charge in [-0.15, -0.1) is 11.8 Å². The molecule has 5 nitrogen and oxygen atoms in total. The van der Waals surface area contributed by atoms with Crippen LogP contribution in [0.15, 0.2) is 23.1 Å². The van der Waals surface area contributed by atoms with Crippen LogP contribution < -0.4 is 9.47 Å². The molecule has 0 radical (unpaired) electrons. The minimum atomic E-state index is 0.470. The second kappa shape index (κ2) is 7.07. The Bertz CT molecular complexity index is 723. The molecule has 24 heavy (non-hydrogen) atoms. The van der Waals surface area contributed by atoms with E-state index >= 15 is 0 Å². The van der Waals surface area contributed by atoms with Crippen LogP contribution in [0.2, 0.25) is 0 Å². The van der Waals surface area contributed by atoms with Crippen LogP contribution >= 0.6 is 11.8 Å². The predicted molar refractivity (Wildman–Crippen MR) is 97.3 cm³/mol. The number of aromatic nitrogens is 2. The van der Waals surface area contributed by atoms with Gasteiger partial charge in [-0.3, -0.25) is 9.58 Å². The number of ether oxygens (including phenoxy) is 2. The molecule has 0 atom stereocenters. The van der Waals surface area contributed by atoms with Crippen LogP contribution in [-0.2, 0) is 6.54 Å². The lowest BCUT2D eigenvalue weighted by Crippen LogP contribution is -2.47. The average molecular weight is 347 g/mol. The Balaban J connectivity index is 1.70. The number of nitrogens with zero attached hydrogens (tertiary/aromatic N) is 3. The zero-order valence-corrected chi connectivity index (χ0v) is 15.8. The first-order chi connectivity index (χ1) is 11.5. The fraction of sp³-hybridized carbons (Fsp3) is 0.500. The van der Waals surface area contributed by atoms with Gasteiger partial charge in [-0.2, -0.15) is 5.10 Å². The molecular formula is C18H25N3O2S. The molecule has 0 aliphatic carbocycles. The maximum atomic E-state index is 5.58. The molecule has 3 rings (SSSR count). The summed E-state index contributed by atoms with van der Waals surface area (Å²) >= 11 is 1.67. The van der Waals surface area contributed by atoms with Crippen LogP contribution in [-0.4, -0.2) is 48.2 Å². The molecule has 2 aromatic rings. The fourth-order valence-electron chi connectivity index (χ4n) is 3.30. The van der Waals surface area contributed by atoms with Gasteiger partial charge in [-0.05, 0) is 38.3 Å². The highest BCUT2D eigenvalue weighted by atomic mass is 32.2. The number of hydrogen-bond donors (Lipinski definition) is 0. The molecule has 0 N–H and O–H groups in total. The van der Waals surface area contributed by atoms with Crippen LogP contribution in [0.25, 0.3) is 0 Å². The van der Waals surface area contributed by atoms with Gasteiger partial charge in [0.15, 0.2) is 0 Å². The number of aryl methyl sites for hydroxylation is 2. The molecule has 0 unspecified atom stereocenters. The highest BCUT2D eigenvalue weighted by Gasteiger charge is 2.30. The summed E-state index contributed by atoms with van der Waals surface area (Å²) in [5.74, 6) is 1.84. The number of likely N-dealkylation sites (tertiary alicyclic amines) is 1. The lowest BCUT2D eigenvalue weighted by atomic mass is 10.1. The van der Waals surface area contributed by atoms with E-state index in [1.165, 1.54) is 11.3 Å². The van der Waals surface area contributed by atoms with Gasteiger partial charge >= 0.3 is 0 Å². The van der Waals surface area contributed by atoms with Crippen molar-refractivity contribution in [3.8, 4) is 11.5 Å². The summed E-state index contributed by atoms with van der Waals surface area (Å²) in [6, 6.07) is 6.77. The van der Waals surface area contributed by atoms with Crippen LogP contribution in [0.1, 0.15) is 23.0 Å². The Morgan fingerprint density at radius 3 is 2.38 bits per heavy atom. The van der Waals surface area contributed by atoms with Crippen molar-refractivity contribution in [2.45, 2.75) is 31.3 Å². The molecule has 1 fully saturated rings. The number of methoxy groups -OCH3 is 2. The van der Waals surface area contributed by atoms with Crippen LogP contribution in [0, 0.1) is 13.8 Å². The second-order valence-corrected chi connectivity index (χ2v) is 7.09. The molecule has 1 aliphatic heterocycles. The van der Waals surface area contributed by atoms with E-state index in [0.717, 1.165) is 41.7 Å². The van der Waals surface area contributed by atoms with E-state index < -0.39 is 0 Å². The maximum Gasteiger partial charge on any atom is 0.132 e. The largest absolute Gasteiger partial charge is 0.496 e. The van der Waals surface area contributed by atoms with Gasteiger partial charge < -0.3 is 9.47 Å². The second-order valence-electron chi connectivity index (χ2n) is 6.24. The van der Waals surface area contributed by atoms with Crippen LogP contribution in [0.5, 0.6) is 11.5 Å². The van der Waals surface area contributed by atoms with Gasteiger partial charge in [0.05, 0.1) is 30.9 Å². The quantitative estimate of drug-likeness (QED) is 0.750. The van der Waals surface area contributed by atoms with Crippen molar-refractivity contribution in [3.05, 3.63) is 35.2 Å². The molecular weight excluding hydrogens is 322 g/mol. The number of benzene rings is 1. The Labute approximate surface area is 147 Å². The van der Waals surface area contributed by atoms with Gasteiger partial charge in [0, 0.05) is 30.9 Å². The third kappa shape index (κ3) is 3.26. The standard InChI is InChI=1S/C18H25N3O2S/c1-12-6-13(2)21(19-12)15-10-20(11-15)9-14-7-17(23-4)18(24-5)8-16(14)22-3/h6-8,15H,9-11H2,1-5H3. The molecule has 0 spiro atoms. The van der Waals surface area contributed by atoms with E-state index in [-0.39, 0.29) is 0 Å². The van der Waals surface area contributed by atoms with Crippen LogP contribution in [0.4, 0.5) is 0 Å². The van der Waals surface area contributed by atoms with E-state index in [4.69, 9.17) is 9.47 Å². The molecule has 2 heterocycles. The Morgan fingerprint density at radius 2 is 1.83 bits per heavy atom.